The number of esters is 1. The van der Waals surface area contributed by atoms with Gasteiger partial charge in [-0.1, -0.05) is 13.8 Å². The molecule has 1 unspecified atom stereocenters. The molecule has 2 heterocycles. The molecule has 1 N–H and O–H groups in total. The van der Waals surface area contributed by atoms with E-state index < -0.39 is 5.97 Å². The molecule has 1 aromatic rings. The van der Waals surface area contributed by atoms with Crippen LogP contribution in [0.15, 0.2) is 0 Å². The number of hydrogen-bond acceptors (Lipinski definition) is 5. The first-order valence-electron chi connectivity index (χ1n) is 9.03. The molecule has 1 amide bonds. The van der Waals surface area contributed by atoms with Gasteiger partial charge in [0.15, 0.2) is 5.78 Å². The van der Waals surface area contributed by atoms with Crippen LogP contribution in [0.1, 0.15) is 52.9 Å². The van der Waals surface area contributed by atoms with Gasteiger partial charge in [-0.05, 0) is 26.3 Å². The maximum Gasteiger partial charge on any atom is 0.339 e. The predicted octanol–water partition coefficient (Wildman–Crippen LogP) is 1.79. The Labute approximate surface area is 154 Å². The van der Waals surface area contributed by atoms with Gasteiger partial charge in [-0.2, -0.15) is 0 Å². The number of nitrogens with zero attached hydrogens (tertiary/aromatic N) is 2. The van der Waals surface area contributed by atoms with Crippen molar-refractivity contribution in [1.82, 2.24) is 14.8 Å². The van der Waals surface area contributed by atoms with Gasteiger partial charge in [0, 0.05) is 37.8 Å². The highest BCUT2D eigenvalue weighted by Crippen LogP contribution is 2.22. The number of methoxy groups -OCH3 is 1. The zero-order valence-corrected chi connectivity index (χ0v) is 16.5. The van der Waals surface area contributed by atoms with Crippen molar-refractivity contribution in [2.75, 3.05) is 33.3 Å². The largest absolute Gasteiger partial charge is 0.465 e. The molecule has 2 rings (SSSR count). The van der Waals surface area contributed by atoms with Gasteiger partial charge < -0.3 is 14.6 Å². The molecule has 7 heteroatoms. The van der Waals surface area contributed by atoms with Crippen molar-refractivity contribution in [1.29, 1.82) is 0 Å². The molecule has 0 aromatic carbocycles. The summed E-state index contributed by atoms with van der Waals surface area (Å²) in [7, 11) is 1.33. The summed E-state index contributed by atoms with van der Waals surface area (Å²) in [5.41, 5.74) is 2.14. The lowest BCUT2D eigenvalue weighted by Crippen LogP contribution is -2.53. The first kappa shape index (κ1) is 20.2. The molecule has 26 heavy (non-hydrogen) atoms. The Morgan fingerprint density at radius 1 is 1.04 bits per heavy atom. The van der Waals surface area contributed by atoms with Crippen molar-refractivity contribution >= 4 is 17.7 Å². The molecule has 1 aromatic heterocycles. The minimum absolute atomic E-state index is 0.0121. The summed E-state index contributed by atoms with van der Waals surface area (Å²) in [6.45, 7) is 11.8. The number of carbonyl (C=O) groups is 3. The molecule has 1 aliphatic heterocycles. The number of ether oxygens (including phenoxy) is 1. The van der Waals surface area contributed by atoms with E-state index in [0.717, 1.165) is 0 Å². The van der Waals surface area contributed by atoms with Crippen LogP contribution in [0, 0.1) is 19.8 Å². The van der Waals surface area contributed by atoms with E-state index >= 15 is 0 Å². The number of aromatic amines is 1. The fraction of sp³-hybridized carbons (Fsp3) is 0.632. The number of nitrogens with one attached hydrogen (secondary N) is 1. The highest BCUT2D eigenvalue weighted by atomic mass is 16.5. The third-order valence-electron chi connectivity index (χ3n) is 5.12. The van der Waals surface area contributed by atoms with Crippen LogP contribution in [0.4, 0.5) is 0 Å². The summed E-state index contributed by atoms with van der Waals surface area (Å²) in [5, 5.41) is 0. The number of piperazine rings is 1. The maximum atomic E-state index is 13.0. The minimum Gasteiger partial charge on any atom is -0.465 e. The third-order valence-corrected chi connectivity index (χ3v) is 5.12. The molecule has 1 fully saturated rings. The molecule has 7 nitrogen and oxygen atoms in total. The van der Waals surface area contributed by atoms with Crippen LogP contribution in [0.2, 0.25) is 0 Å². The molecular formula is C19H29N3O4. The average Bonchev–Trinajstić information content (AvgIpc) is 2.93. The summed E-state index contributed by atoms with van der Waals surface area (Å²) < 4.78 is 4.80. The van der Waals surface area contributed by atoms with Gasteiger partial charge in [-0.3, -0.25) is 14.5 Å². The van der Waals surface area contributed by atoms with E-state index in [4.69, 9.17) is 4.74 Å². The van der Waals surface area contributed by atoms with Gasteiger partial charge in [0.1, 0.15) is 0 Å². The average molecular weight is 363 g/mol. The van der Waals surface area contributed by atoms with Crippen LogP contribution in [0.3, 0.4) is 0 Å². The summed E-state index contributed by atoms with van der Waals surface area (Å²) in [5.74, 6) is -0.350. The van der Waals surface area contributed by atoms with Gasteiger partial charge in [0.05, 0.1) is 24.4 Å². The lowest BCUT2D eigenvalue weighted by Gasteiger charge is -2.38. The number of Topliss-reactive ketones (excluding diaryl/α,β-unsaturated/α-hetero) is 1. The molecule has 0 radical (unpaired) electrons. The number of aryl methyl sites for hydroxylation is 1. The van der Waals surface area contributed by atoms with Crippen molar-refractivity contribution in [3.05, 3.63) is 22.5 Å². The van der Waals surface area contributed by atoms with E-state index in [1.54, 1.807) is 13.8 Å². The molecule has 0 bridgehead atoms. The van der Waals surface area contributed by atoms with Crippen molar-refractivity contribution in [2.45, 2.75) is 40.7 Å². The number of aromatic nitrogens is 1. The highest BCUT2D eigenvalue weighted by molar-refractivity contribution is 6.03. The number of carbonyl (C=O) groups excluding carboxylic acids is 3. The van der Waals surface area contributed by atoms with E-state index in [1.807, 2.05) is 25.7 Å². The minimum atomic E-state index is -0.441. The Balaban J connectivity index is 2.10. The number of rotatable bonds is 5. The van der Waals surface area contributed by atoms with Crippen LogP contribution >= 0.6 is 0 Å². The van der Waals surface area contributed by atoms with E-state index in [9.17, 15) is 14.4 Å². The van der Waals surface area contributed by atoms with Gasteiger partial charge in [0.25, 0.3) is 0 Å². The van der Waals surface area contributed by atoms with E-state index in [-0.39, 0.29) is 23.7 Å². The third kappa shape index (κ3) is 3.82. The number of amides is 1. The normalized spacial score (nSPS) is 16.7. The smallest absolute Gasteiger partial charge is 0.339 e. The van der Waals surface area contributed by atoms with Crippen molar-refractivity contribution in [2.24, 2.45) is 5.92 Å². The second-order valence-corrected chi connectivity index (χ2v) is 7.17. The number of H-pyrrole nitrogens is 1. The molecule has 1 atom stereocenters. The van der Waals surface area contributed by atoms with E-state index in [1.165, 1.54) is 7.11 Å². The predicted molar refractivity (Wildman–Crippen MR) is 98.4 cm³/mol. The standard InChI is InChI=1S/C19H29N3O4/c1-11(2)18(24)22-9-7-21(8-10-22)14(5)17(23)16-12(3)15(13(4)20-16)19(25)26-6/h11,14,20H,7-10H2,1-6H3. The quantitative estimate of drug-likeness (QED) is 0.637. The summed E-state index contributed by atoms with van der Waals surface area (Å²) in [6, 6.07) is -0.325. The Morgan fingerprint density at radius 3 is 2.12 bits per heavy atom. The van der Waals surface area contributed by atoms with Crippen LogP contribution in [-0.4, -0.2) is 71.8 Å². The van der Waals surface area contributed by atoms with Crippen molar-refractivity contribution in [3.8, 4) is 0 Å². The van der Waals surface area contributed by atoms with Crippen molar-refractivity contribution in [3.63, 3.8) is 0 Å². The first-order chi connectivity index (χ1) is 12.2. The molecule has 144 valence electrons. The zero-order valence-electron chi connectivity index (χ0n) is 16.5. The lowest BCUT2D eigenvalue weighted by atomic mass is 10.0. The Morgan fingerprint density at radius 2 is 1.62 bits per heavy atom. The Kier molecular flexibility index (Phi) is 6.23. The molecule has 0 aliphatic carbocycles. The molecular weight excluding hydrogens is 334 g/mol. The summed E-state index contributed by atoms with van der Waals surface area (Å²) in [6.07, 6.45) is 0. The van der Waals surface area contributed by atoms with Gasteiger partial charge >= 0.3 is 5.97 Å². The van der Waals surface area contributed by atoms with Crippen LogP contribution < -0.4 is 0 Å². The second kappa shape index (κ2) is 8.03. The Bertz CT molecular complexity index is 700. The monoisotopic (exact) mass is 363 g/mol. The second-order valence-electron chi connectivity index (χ2n) is 7.17. The summed E-state index contributed by atoms with van der Waals surface area (Å²) >= 11 is 0. The van der Waals surface area contributed by atoms with Gasteiger partial charge in [-0.15, -0.1) is 0 Å². The zero-order chi connectivity index (χ0) is 19.6. The van der Waals surface area contributed by atoms with Crippen molar-refractivity contribution < 1.29 is 19.1 Å². The summed E-state index contributed by atoms with van der Waals surface area (Å²) in [4.78, 5) is 44.0. The van der Waals surface area contributed by atoms with Crippen LogP contribution in [-0.2, 0) is 9.53 Å². The van der Waals surface area contributed by atoms with E-state index in [0.29, 0.717) is 48.7 Å². The van der Waals surface area contributed by atoms with Crippen LogP contribution in [0.5, 0.6) is 0 Å². The van der Waals surface area contributed by atoms with Crippen LogP contribution in [0.25, 0.3) is 0 Å². The van der Waals surface area contributed by atoms with Gasteiger partial charge in [-0.25, -0.2) is 4.79 Å². The first-order valence-corrected chi connectivity index (χ1v) is 9.03. The molecule has 1 aliphatic rings. The fourth-order valence-corrected chi connectivity index (χ4v) is 3.47. The lowest BCUT2D eigenvalue weighted by molar-refractivity contribution is -0.136. The molecule has 1 saturated heterocycles. The number of ketones is 1. The number of hydrogen-bond donors (Lipinski definition) is 1. The maximum absolute atomic E-state index is 13.0. The Hall–Kier alpha value is -2.15. The van der Waals surface area contributed by atoms with Gasteiger partial charge in [0.2, 0.25) is 5.91 Å². The van der Waals surface area contributed by atoms with E-state index in [2.05, 4.69) is 9.88 Å². The fourth-order valence-electron chi connectivity index (χ4n) is 3.47. The highest BCUT2D eigenvalue weighted by Gasteiger charge is 2.31. The SMILES string of the molecule is COC(=O)c1c(C)[nH]c(C(=O)C(C)N2CCN(C(=O)C(C)C)CC2)c1C. The molecule has 0 saturated carbocycles. The molecule has 0 spiro atoms. The topological polar surface area (TPSA) is 82.7 Å².